The standard InChI is InChI=1S/C19H35N3O3/c1-4-24-17-11-16(19(17)8-5-6-9-19)22-18(20-3)21-14(2)12-25-15-7-10-23-13-15/h14-17H,4-13H2,1-3H3,(H2,20,21,22). The van der Waals surface area contributed by atoms with E-state index < -0.39 is 0 Å². The maximum Gasteiger partial charge on any atom is 0.191 e. The van der Waals surface area contributed by atoms with Crippen molar-refractivity contribution in [3.8, 4) is 0 Å². The normalized spacial score (nSPS) is 32.6. The second kappa shape index (κ2) is 8.69. The molecule has 6 heteroatoms. The van der Waals surface area contributed by atoms with Crippen LogP contribution in [0, 0.1) is 5.41 Å². The fourth-order valence-corrected chi connectivity index (χ4v) is 4.62. The SMILES string of the molecule is CCOC1CC(NC(=NC)NC(C)COC2CCOC2)C12CCCC2. The van der Waals surface area contributed by atoms with Crippen molar-refractivity contribution in [1.82, 2.24) is 10.6 Å². The molecule has 1 spiro atoms. The van der Waals surface area contributed by atoms with Gasteiger partial charge in [0.25, 0.3) is 0 Å². The number of nitrogens with zero attached hydrogens (tertiary/aromatic N) is 1. The van der Waals surface area contributed by atoms with E-state index in [9.17, 15) is 0 Å². The van der Waals surface area contributed by atoms with Crippen LogP contribution in [0.1, 0.15) is 52.4 Å². The topological polar surface area (TPSA) is 64.1 Å². The zero-order valence-corrected chi connectivity index (χ0v) is 16.1. The molecule has 0 aromatic heterocycles. The smallest absolute Gasteiger partial charge is 0.191 e. The van der Waals surface area contributed by atoms with E-state index in [4.69, 9.17) is 14.2 Å². The molecule has 2 N–H and O–H groups in total. The van der Waals surface area contributed by atoms with Gasteiger partial charge in [0, 0.05) is 37.8 Å². The van der Waals surface area contributed by atoms with Crippen LogP contribution < -0.4 is 10.6 Å². The molecule has 6 nitrogen and oxygen atoms in total. The van der Waals surface area contributed by atoms with Gasteiger partial charge in [-0.25, -0.2) is 0 Å². The van der Waals surface area contributed by atoms with Crippen molar-refractivity contribution in [1.29, 1.82) is 0 Å². The van der Waals surface area contributed by atoms with Crippen LogP contribution in [0.5, 0.6) is 0 Å². The van der Waals surface area contributed by atoms with Crippen molar-refractivity contribution in [2.75, 3.05) is 33.5 Å². The third-order valence-electron chi connectivity index (χ3n) is 6.07. The molecule has 0 amide bonds. The zero-order chi connectivity index (χ0) is 17.7. The molecule has 3 aliphatic rings. The number of rotatable bonds is 7. The molecule has 2 aliphatic carbocycles. The highest BCUT2D eigenvalue weighted by Crippen LogP contribution is 2.54. The fourth-order valence-electron chi connectivity index (χ4n) is 4.62. The monoisotopic (exact) mass is 353 g/mol. The lowest BCUT2D eigenvalue weighted by Crippen LogP contribution is -2.65. The molecule has 0 radical (unpaired) electrons. The van der Waals surface area contributed by atoms with Gasteiger partial charge < -0.3 is 24.8 Å². The van der Waals surface area contributed by atoms with Gasteiger partial charge in [-0.3, -0.25) is 4.99 Å². The molecule has 144 valence electrons. The number of aliphatic imine (C=N–C) groups is 1. The lowest BCUT2D eigenvalue weighted by molar-refractivity contribution is -0.125. The number of hydrogen-bond acceptors (Lipinski definition) is 4. The van der Waals surface area contributed by atoms with Crippen LogP contribution in [-0.2, 0) is 14.2 Å². The van der Waals surface area contributed by atoms with Crippen LogP contribution in [0.25, 0.3) is 0 Å². The average molecular weight is 354 g/mol. The molecule has 4 unspecified atom stereocenters. The fraction of sp³-hybridized carbons (Fsp3) is 0.947. The Kier molecular flexibility index (Phi) is 6.58. The third-order valence-corrected chi connectivity index (χ3v) is 6.07. The van der Waals surface area contributed by atoms with Crippen LogP contribution in [-0.4, -0.2) is 63.7 Å². The van der Waals surface area contributed by atoms with E-state index in [0.717, 1.165) is 38.6 Å². The first kappa shape index (κ1) is 18.9. The Balaban J connectivity index is 1.47. The Morgan fingerprint density at radius 1 is 1.32 bits per heavy atom. The highest BCUT2D eigenvalue weighted by Gasteiger charge is 2.56. The summed E-state index contributed by atoms with van der Waals surface area (Å²) in [4.78, 5) is 4.43. The summed E-state index contributed by atoms with van der Waals surface area (Å²) in [7, 11) is 1.84. The number of hydrogen-bond donors (Lipinski definition) is 2. The van der Waals surface area contributed by atoms with Crippen molar-refractivity contribution in [3.05, 3.63) is 0 Å². The van der Waals surface area contributed by atoms with Gasteiger partial charge in [0.05, 0.1) is 25.4 Å². The summed E-state index contributed by atoms with van der Waals surface area (Å²) in [5.41, 5.74) is 0.314. The minimum Gasteiger partial charge on any atom is -0.379 e. The molecule has 0 aromatic carbocycles. The molecule has 3 fully saturated rings. The van der Waals surface area contributed by atoms with Gasteiger partial charge in [0.15, 0.2) is 5.96 Å². The summed E-state index contributed by atoms with van der Waals surface area (Å²) in [6.07, 6.45) is 7.93. The molecule has 25 heavy (non-hydrogen) atoms. The number of guanidine groups is 1. The van der Waals surface area contributed by atoms with E-state index in [1.165, 1.54) is 25.7 Å². The zero-order valence-electron chi connectivity index (χ0n) is 16.1. The first-order valence-corrected chi connectivity index (χ1v) is 9.98. The summed E-state index contributed by atoms with van der Waals surface area (Å²) in [5.74, 6) is 0.880. The van der Waals surface area contributed by atoms with E-state index in [-0.39, 0.29) is 12.1 Å². The van der Waals surface area contributed by atoms with E-state index in [2.05, 4.69) is 29.5 Å². The maximum atomic E-state index is 6.01. The summed E-state index contributed by atoms with van der Waals surface area (Å²) in [5, 5.41) is 7.14. The lowest BCUT2D eigenvalue weighted by Gasteiger charge is -2.54. The molecule has 2 saturated carbocycles. The maximum absolute atomic E-state index is 6.01. The van der Waals surface area contributed by atoms with Gasteiger partial charge in [-0.15, -0.1) is 0 Å². The van der Waals surface area contributed by atoms with Crippen molar-refractivity contribution in [2.24, 2.45) is 10.4 Å². The Morgan fingerprint density at radius 2 is 2.12 bits per heavy atom. The van der Waals surface area contributed by atoms with Crippen LogP contribution in [0.15, 0.2) is 4.99 Å². The van der Waals surface area contributed by atoms with E-state index in [0.29, 0.717) is 24.2 Å². The van der Waals surface area contributed by atoms with Crippen molar-refractivity contribution < 1.29 is 14.2 Å². The average Bonchev–Trinajstić information content (AvgIpc) is 3.30. The quantitative estimate of drug-likeness (QED) is 0.542. The Labute approximate surface area is 152 Å². The predicted molar refractivity (Wildman–Crippen MR) is 99.0 cm³/mol. The molecule has 4 atom stereocenters. The van der Waals surface area contributed by atoms with Gasteiger partial charge >= 0.3 is 0 Å². The first-order chi connectivity index (χ1) is 12.2. The molecule has 0 bridgehead atoms. The Hall–Kier alpha value is -0.850. The van der Waals surface area contributed by atoms with Gasteiger partial charge in [0.2, 0.25) is 0 Å². The Bertz CT molecular complexity index is 445. The molecule has 1 saturated heterocycles. The van der Waals surface area contributed by atoms with Crippen molar-refractivity contribution in [2.45, 2.75) is 76.7 Å². The Morgan fingerprint density at radius 3 is 2.76 bits per heavy atom. The second-order valence-corrected chi connectivity index (χ2v) is 7.75. The van der Waals surface area contributed by atoms with Crippen molar-refractivity contribution >= 4 is 5.96 Å². The number of nitrogens with one attached hydrogen (secondary N) is 2. The molecule has 1 heterocycles. The minimum atomic E-state index is 0.217. The lowest BCUT2D eigenvalue weighted by atomic mass is 9.60. The van der Waals surface area contributed by atoms with Crippen LogP contribution in [0.3, 0.4) is 0 Å². The molecule has 3 rings (SSSR count). The molecule has 0 aromatic rings. The molecule has 1 aliphatic heterocycles. The second-order valence-electron chi connectivity index (χ2n) is 7.75. The highest BCUT2D eigenvalue weighted by atomic mass is 16.5. The molecular formula is C19H35N3O3. The predicted octanol–water partition coefficient (Wildman–Crippen LogP) is 2.08. The van der Waals surface area contributed by atoms with Gasteiger partial charge in [-0.05, 0) is 39.5 Å². The highest BCUT2D eigenvalue weighted by molar-refractivity contribution is 5.80. The van der Waals surface area contributed by atoms with E-state index in [1.54, 1.807) is 0 Å². The van der Waals surface area contributed by atoms with Gasteiger partial charge in [-0.1, -0.05) is 12.8 Å². The summed E-state index contributed by atoms with van der Waals surface area (Å²) < 4.78 is 17.3. The largest absolute Gasteiger partial charge is 0.379 e. The van der Waals surface area contributed by atoms with Crippen LogP contribution in [0.4, 0.5) is 0 Å². The van der Waals surface area contributed by atoms with E-state index in [1.807, 2.05) is 7.05 Å². The van der Waals surface area contributed by atoms with Gasteiger partial charge in [0.1, 0.15) is 0 Å². The van der Waals surface area contributed by atoms with Crippen molar-refractivity contribution in [3.63, 3.8) is 0 Å². The number of ether oxygens (including phenoxy) is 3. The minimum absolute atomic E-state index is 0.217. The summed E-state index contributed by atoms with van der Waals surface area (Å²) >= 11 is 0. The first-order valence-electron chi connectivity index (χ1n) is 9.98. The van der Waals surface area contributed by atoms with Crippen LogP contribution >= 0.6 is 0 Å². The van der Waals surface area contributed by atoms with E-state index >= 15 is 0 Å². The van der Waals surface area contributed by atoms with Gasteiger partial charge in [-0.2, -0.15) is 0 Å². The van der Waals surface area contributed by atoms with Crippen LogP contribution in [0.2, 0.25) is 0 Å². The third kappa shape index (κ3) is 4.29. The summed E-state index contributed by atoms with van der Waals surface area (Å²) in [6, 6.07) is 0.684. The molecular weight excluding hydrogens is 318 g/mol. The summed E-state index contributed by atoms with van der Waals surface area (Å²) in [6.45, 7) is 7.26.